The zero-order valence-electron chi connectivity index (χ0n) is 16.6. The fraction of sp³-hybridized carbons (Fsp3) is 0.750. The number of aliphatic hydroxyl groups is 2. The number of nitrogens with zero attached hydrogens (tertiary/aromatic N) is 2. The molecule has 12 nitrogen and oxygen atoms in total. The van der Waals surface area contributed by atoms with Crippen molar-refractivity contribution in [1.82, 2.24) is 20.4 Å². The Hall–Kier alpha value is -2.60. The largest absolute Gasteiger partial charge is 0.449 e. The second-order valence-corrected chi connectivity index (χ2v) is 5.77. The number of urea groups is 2. The summed E-state index contributed by atoms with van der Waals surface area (Å²) in [6.07, 6.45) is -1.14. The van der Waals surface area contributed by atoms with Crippen molar-refractivity contribution in [3.05, 3.63) is 0 Å². The molecular formula is C16H30N4O8. The zero-order chi connectivity index (χ0) is 21.7. The van der Waals surface area contributed by atoms with Crippen molar-refractivity contribution in [1.29, 1.82) is 0 Å². The van der Waals surface area contributed by atoms with E-state index in [9.17, 15) is 19.2 Å². The number of aliphatic hydroxyl groups excluding tert-OH is 2. The average Bonchev–Trinajstić information content (AvgIpc) is 3.16. The van der Waals surface area contributed by atoms with E-state index in [4.69, 9.17) is 10.2 Å². The molecule has 0 aliphatic carbocycles. The van der Waals surface area contributed by atoms with Crippen LogP contribution in [-0.4, -0.2) is 95.9 Å². The lowest BCUT2D eigenvalue weighted by Gasteiger charge is -2.10. The Morgan fingerprint density at radius 2 is 1.21 bits per heavy atom. The minimum absolute atomic E-state index is 0.0157. The molecule has 2 fully saturated rings. The highest BCUT2D eigenvalue weighted by atomic mass is 16.6. The lowest BCUT2D eigenvalue weighted by molar-refractivity contribution is 0.119. The van der Waals surface area contributed by atoms with Gasteiger partial charge in [-0.15, -0.1) is 0 Å². The second-order valence-electron chi connectivity index (χ2n) is 5.77. The van der Waals surface area contributed by atoms with Crippen LogP contribution in [0.25, 0.3) is 0 Å². The highest BCUT2D eigenvalue weighted by molar-refractivity contribution is 5.93. The maximum atomic E-state index is 11.0. The van der Waals surface area contributed by atoms with Gasteiger partial charge in [-0.2, -0.15) is 0 Å². The lowest BCUT2D eigenvalue weighted by Crippen LogP contribution is -2.34. The van der Waals surface area contributed by atoms with E-state index in [1.807, 2.05) is 13.8 Å². The third-order valence-corrected chi connectivity index (χ3v) is 3.22. The van der Waals surface area contributed by atoms with E-state index in [0.29, 0.717) is 13.1 Å². The van der Waals surface area contributed by atoms with Gasteiger partial charge in [0.15, 0.2) is 0 Å². The maximum absolute atomic E-state index is 11.0. The van der Waals surface area contributed by atoms with Gasteiger partial charge in [-0.05, 0) is 27.7 Å². The normalized spacial score (nSPS) is 20.2. The minimum atomic E-state index is -0.570. The van der Waals surface area contributed by atoms with Gasteiger partial charge in [0.05, 0.1) is 39.5 Å². The van der Waals surface area contributed by atoms with Crippen LogP contribution in [0.15, 0.2) is 0 Å². The molecule has 28 heavy (non-hydrogen) atoms. The van der Waals surface area contributed by atoms with Gasteiger partial charge in [0.1, 0.15) is 0 Å². The van der Waals surface area contributed by atoms with Crippen LogP contribution >= 0.6 is 0 Å². The van der Waals surface area contributed by atoms with Crippen molar-refractivity contribution in [3.63, 3.8) is 0 Å². The third kappa shape index (κ3) is 8.86. The van der Waals surface area contributed by atoms with Crippen molar-refractivity contribution < 1.29 is 38.9 Å². The molecule has 2 heterocycles. The highest BCUT2D eigenvalue weighted by Crippen LogP contribution is 2.05. The first-order chi connectivity index (χ1) is 13.2. The smallest absolute Gasteiger partial charge is 0.418 e. The van der Waals surface area contributed by atoms with Crippen LogP contribution in [0.3, 0.4) is 0 Å². The summed E-state index contributed by atoms with van der Waals surface area (Å²) >= 11 is 0. The summed E-state index contributed by atoms with van der Waals surface area (Å²) in [5, 5.41) is 20.4. The van der Waals surface area contributed by atoms with Crippen LogP contribution in [0.4, 0.5) is 19.2 Å². The Balaban J connectivity index is 0.000000439. The van der Waals surface area contributed by atoms with E-state index < -0.39 is 12.2 Å². The van der Waals surface area contributed by atoms with E-state index in [1.165, 1.54) is 0 Å². The summed E-state index contributed by atoms with van der Waals surface area (Å²) in [4.78, 5) is 46.2. The fourth-order valence-corrected chi connectivity index (χ4v) is 2.10. The molecular weight excluding hydrogens is 376 g/mol. The number of hydrogen-bond donors (Lipinski definition) is 4. The monoisotopic (exact) mass is 406 g/mol. The van der Waals surface area contributed by atoms with E-state index in [0.717, 1.165) is 9.80 Å². The van der Waals surface area contributed by atoms with Crippen LogP contribution in [0, 0.1) is 0 Å². The van der Waals surface area contributed by atoms with E-state index in [-0.39, 0.29) is 50.6 Å². The summed E-state index contributed by atoms with van der Waals surface area (Å²) in [7, 11) is 0. The Kier molecular flexibility index (Phi) is 12.3. The fourth-order valence-electron chi connectivity index (χ4n) is 2.10. The molecule has 0 aromatic carbocycles. The van der Waals surface area contributed by atoms with Crippen LogP contribution in [0.5, 0.6) is 0 Å². The average molecular weight is 406 g/mol. The van der Waals surface area contributed by atoms with Gasteiger partial charge in [-0.3, -0.25) is 0 Å². The molecule has 0 aromatic heterocycles. The van der Waals surface area contributed by atoms with Gasteiger partial charge in [0, 0.05) is 12.1 Å². The van der Waals surface area contributed by atoms with Crippen molar-refractivity contribution in [3.8, 4) is 0 Å². The van der Waals surface area contributed by atoms with Gasteiger partial charge in [0.25, 0.3) is 0 Å². The number of amides is 6. The molecule has 2 aliphatic rings. The second kappa shape index (κ2) is 13.6. The number of nitrogens with one attached hydrogen (secondary N) is 2. The molecule has 2 aliphatic heterocycles. The number of ether oxygens (including phenoxy) is 2. The lowest BCUT2D eigenvalue weighted by atomic mass is 10.4. The summed E-state index contributed by atoms with van der Waals surface area (Å²) < 4.78 is 9.34. The van der Waals surface area contributed by atoms with Crippen molar-refractivity contribution >= 4 is 24.2 Å². The molecule has 0 saturated carbocycles. The SMILES string of the molecule is CCOC(=O)N1CC(C)NC1=O.CCOC(=O)N1CC(C)NC1=O.OCCO. The standard InChI is InChI=1S/2C7H12N2O3.C2H6O2/c2*1-3-12-7(11)9-4-5(2)8-6(9)10;3-1-2-4/h2*5H,3-4H2,1-2H3,(H,8,10);3-4H,1-2H2. The van der Waals surface area contributed by atoms with Gasteiger partial charge < -0.3 is 30.3 Å². The number of carbonyl (C=O) groups is 4. The molecule has 2 rings (SSSR count). The molecule has 2 unspecified atom stereocenters. The topological polar surface area (TPSA) is 158 Å². The van der Waals surface area contributed by atoms with E-state index >= 15 is 0 Å². The Bertz CT molecular complexity index is 485. The molecule has 0 bridgehead atoms. The number of rotatable bonds is 3. The molecule has 0 spiro atoms. The first kappa shape index (κ1) is 25.4. The van der Waals surface area contributed by atoms with Crippen LogP contribution < -0.4 is 10.6 Å². The molecule has 0 radical (unpaired) electrons. The molecule has 2 atom stereocenters. The summed E-state index contributed by atoms with van der Waals surface area (Å²) in [6, 6.07) is -0.717. The minimum Gasteiger partial charge on any atom is -0.449 e. The first-order valence-corrected chi connectivity index (χ1v) is 8.92. The molecule has 12 heteroatoms. The summed E-state index contributed by atoms with van der Waals surface area (Å²) in [6.45, 7) is 8.17. The summed E-state index contributed by atoms with van der Waals surface area (Å²) in [5.41, 5.74) is 0. The maximum Gasteiger partial charge on any atom is 0.418 e. The van der Waals surface area contributed by atoms with Crippen molar-refractivity contribution in [2.45, 2.75) is 39.8 Å². The highest BCUT2D eigenvalue weighted by Gasteiger charge is 2.32. The van der Waals surface area contributed by atoms with Crippen molar-refractivity contribution in [2.24, 2.45) is 0 Å². The Morgan fingerprint density at radius 1 is 0.893 bits per heavy atom. The van der Waals surface area contributed by atoms with E-state index in [1.54, 1.807) is 13.8 Å². The number of hydrogen-bond acceptors (Lipinski definition) is 8. The first-order valence-electron chi connectivity index (χ1n) is 8.92. The van der Waals surface area contributed by atoms with Gasteiger partial charge in [-0.1, -0.05) is 0 Å². The van der Waals surface area contributed by atoms with Gasteiger partial charge in [-0.25, -0.2) is 29.0 Å². The van der Waals surface area contributed by atoms with Crippen LogP contribution in [0.1, 0.15) is 27.7 Å². The third-order valence-electron chi connectivity index (χ3n) is 3.22. The Labute approximate surface area is 163 Å². The quantitative estimate of drug-likeness (QED) is 0.513. The molecule has 4 N–H and O–H groups in total. The van der Waals surface area contributed by atoms with Gasteiger partial charge >= 0.3 is 24.2 Å². The molecule has 2 saturated heterocycles. The Morgan fingerprint density at radius 3 is 1.39 bits per heavy atom. The predicted octanol–water partition coefficient (Wildman–Crippen LogP) is 0.0842. The molecule has 0 aromatic rings. The zero-order valence-corrected chi connectivity index (χ0v) is 16.6. The number of carbonyl (C=O) groups excluding carboxylic acids is 4. The van der Waals surface area contributed by atoms with E-state index in [2.05, 4.69) is 20.1 Å². The molecule has 162 valence electrons. The predicted molar refractivity (Wildman–Crippen MR) is 97.6 cm³/mol. The van der Waals surface area contributed by atoms with Crippen LogP contribution in [-0.2, 0) is 9.47 Å². The van der Waals surface area contributed by atoms with Crippen molar-refractivity contribution in [2.75, 3.05) is 39.5 Å². The number of imide groups is 2. The van der Waals surface area contributed by atoms with Gasteiger partial charge in [0.2, 0.25) is 0 Å². The van der Waals surface area contributed by atoms with Crippen LogP contribution in [0.2, 0.25) is 0 Å². The summed E-state index contributed by atoms with van der Waals surface area (Å²) in [5.74, 6) is 0. The molecule has 6 amide bonds.